The van der Waals surface area contributed by atoms with E-state index in [1.165, 1.54) is 0 Å². The van der Waals surface area contributed by atoms with Gasteiger partial charge >= 0.3 is 0 Å². The lowest BCUT2D eigenvalue weighted by molar-refractivity contribution is -0.167. The maximum Gasteiger partial charge on any atom is 0.293 e. The quantitative estimate of drug-likeness (QED) is 0.485. The Morgan fingerprint density at radius 2 is 1.76 bits per heavy atom. The lowest BCUT2D eigenvalue weighted by Gasteiger charge is -2.55. The van der Waals surface area contributed by atoms with Gasteiger partial charge in [0.2, 0.25) is 0 Å². The lowest BCUT2D eigenvalue weighted by atomic mass is 9.57. The number of aromatic hydroxyl groups is 1. The average Bonchev–Trinajstić information content (AvgIpc) is 2.82. The summed E-state index contributed by atoms with van der Waals surface area (Å²) in [6.45, 7) is 11.3. The van der Waals surface area contributed by atoms with Crippen molar-refractivity contribution in [1.29, 1.82) is 0 Å². The number of methoxy groups -OCH3 is 1. The van der Waals surface area contributed by atoms with Crippen LogP contribution in [0.5, 0.6) is 23.0 Å². The predicted molar refractivity (Wildman–Crippen MR) is 142 cm³/mol. The maximum absolute atomic E-state index is 11.2. The number of hydrogen-bond donors (Lipinski definition) is 1. The Hall–Kier alpha value is -2.89. The van der Waals surface area contributed by atoms with Crippen molar-refractivity contribution in [3.8, 4) is 23.0 Å². The number of phenolic OH excluding ortho intramolecular Hbond substituents is 1. The minimum atomic E-state index is -0.345. The van der Waals surface area contributed by atoms with Gasteiger partial charge in [0.1, 0.15) is 28.8 Å². The molecule has 3 aliphatic rings. The van der Waals surface area contributed by atoms with Crippen LogP contribution >= 0.6 is 0 Å². The third-order valence-corrected chi connectivity index (χ3v) is 9.07. The van der Waals surface area contributed by atoms with Crippen LogP contribution in [0.2, 0.25) is 0 Å². The smallest absolute Gasteiger partial charge is 0.293 e. The van der Waals surface area contributed by atoms with Crippen molar-refractivity contribution in [3.05, 3.63) is 46.5 Å². The van der Waals surface area contributed by atoms with Crippen LogP contribution in [0.1, 0.15) is 76.1 Å². The number of carbonyl (C=O) groups excluding carboxylic acids is 1. The molecule has 0 unspecified atom stereocenters. The molecule has 200 valence electrons. The Morgan fingerprint density at radius 1 is 1.03 bits per heavy atom. The second kappa shape index (κ2) is 9.14. The molecular formula is C31H40O6. The van der Waals surface area contributed by atoms with Gasteiger partial charge in [-0.2, -0.15) is 0 Å². The van der Waals surface area contributed by atoms with Crippen LogP contribution in [0.25, 0.3) is 0 Å². The van der Waals surface area contributed by atoms with E-state index in [1.54, 1.807) is 7.11 Å². The molecule has 1 N–H and O–H groups in total. The first kappa shape index (κ1) is 25.7. The Morgan fingerprint density at radius 3 is 2.46 bits per heavy atom. The highest BCUT2D eigenvalue weighted by atomic mass is 16.5. The first-order valence-electron chi connectivity index (χ1n) is 13.5. The number of carbonyl (C=O) groups is 1. The third kappa shape index (κ3) is 4.64. The van der Waals surface area contributed by atoms with E-state index in [9.17, 15) is 9.90 Å². The maximum atomic E-state index is 11.2. The van der Waals surface area contributed by atoms with E-state index in [0.717, 1.165) is 84.4 Å². The van der Waals surface area contributed by atoms with Gasteiger partial charge in [-0.3, -0.25) is 4.79 Å². The molecular weight excluding hydrogens is 468 g/mol. The topological polar surface area (TPSA) is 74.2 Å². The van der Waals surface area contributed by atoms with E-state index in [1.807, 2.05) is 6.07 Å². The molecule has 5 rings (SSSR count). The van der Waals surface area contributed by atoms with Crippen molar-refractivity contribution in [2.75, 3.05) is 7.11 Å². The van der Waals surface area contributed by atoms with Gasteiger partial charge in [-0.15, -0.1) is 0 Å². The molecule has 37 heavy (non-hydrogen) atoms. The van der Waals surface area contributed by atoms with E-state index >= 15 is 0 Å². The van der Waals surface area contributed by atoms with Crippen molar-refractivity contribution >= 4 is 6.47 Å². The predicted octanol–water partition coefficient (Wildman–Crippen LogP) is 5.96. The van der Waals surface area contributed by atoms with Crippen LogP contribution in [0.15, 0.2) is 24.3 Å². The zero-order chi connectivity index (χ0) is 26.6. The number of rotatable bonds is 6. The molecule has 0 spiro atoms. The molecule has 1 saturated carbocycles. The highest BCUT2D eigenvalue weighted by Gasteiger charge is 2.56. The summed E-state index contributed by atoms with van der Waals surface area (Å²) in [4.78, 5) is 11.2. The summed E-state index contributed by atoms with van der Waals surface area (Å²) < 4.78 is 24.2. The molecule has 1 fully saturated rings. The van der Waals surface area contributed by atoms with E-state index in [0.29, 0.717) is 12.2 Å². The van der Waals surface area contributed by atoms with Crippen molar-refractivity contribution in [1.82, 2.24) is 0 Å². The summed E-state index contributed by atoms with van der Waals surface area (Å²) in [5.74, 6) is 2.91. The number of fused-ring (bicyclic) bond motifs is 3. The van der Waals surface area contributed by atoms with Gasteiger partial charge in [0.15, 0.2) is 11.5 Å². The second-order valence-corrected chi connectivity index (χ2v) is 12.5. The van der Waals surface area contributed by atoms with Crippen molar-refractivity contribution < 1.29 is 28.8 Å². The zero-order valence-corrected chi connectivity index (χ0v) is 23.0. The fourth-order valence-electron chi connectivity index (χ4n) is 6.86. The van der Waals surface area contributed by atoms with E-state index in [4.69, 9.17) is 18.9 Å². The second-order valence-electron chi connectivity index (χ2n) is 12.5. The number of ether oxygens (including phenoxy) is 4. The monoisotopic (exact) mass is 508 g/mol. The SMILES string of the molecule is COc1cc(CCc2cc(O)c3c(c2)OC(C)(C)CC3)cc2c1O[C@]1(C)CC[C@@H](OC=O)C(C)(C)[C@H]1C2. The van der Waals surface area contributed by atoms with Gasteiger partial charge < -0.3 is 24.1 Å². The largest absolute Gasteiger partial charge is 0.508 e. The van der Waals surface area contributed by atoms with Crippen LogP contribution < -0.4 is 14.2 Å². The molecule has 0 aromatic heterocycles. The summed E-state index contributed by atoms with van der Waals surface area (Å²) in [5.41, 5.74) is 3.47. The standard InChI is InChI=1S/C31H40O6/c1-29(2)11-9-22-23(33)14-20(15-24(22)36-29)8-7-19-13-21-17-26-30(3,4)27(35-18-32)10-12-31(26,5)37-28(21)25(16-19)34-6/h13-16,18,26-27,33H,7-12,17H2,1-6H3/t26-,27-,31-/m1/s1. The van der Waals surface area contributed by atoms with Gasteiger partial charge in [-0.1, -0.05) is 19.9 Å². The number of phenols is 1. The van der Waals surface area contributed by atoms with Crippen LogP contribution in [-0.4, -0.2) is 36.0 Å². The van der Waals surface area contributed by atoms with E-state index < -0.39 is 0 Å². The Kier molecular flexibility index (Phi) is 6.36. The molecule has 0 saturated heterocycles. The molecule has 2 aliphatic heterocycles. The number of hydrogen-bond acceptors (Lipinski definition) is 6. The van der Waals surface area contributed by atoms with Crippen LogP contribution in [0.3, 0.4) is 0 Å². The van der Waals surface area contributed by atoms with Gasteiger partial charge in [0.05, 0.1) is 7.11 Å². The first-order chi connectivity index (χ1) is 17.5. The lowest BCUT2D eigenvalue weighted by Crippen LogP contribution is -2.59. The number of aryl methyl sites for hydroxylation is 2. The van der Waals surface area contributed by atoms with Crippen molar-refractivity contribution in [2.24, 2.45) is 11.3 Å². The van der Waals surface area contributed by atoms with Crippen LogP contribution in [0.4, 0.5) is 0 Å². The Bertz CT molecular complexity index is 1200. The minimum absolute atomic E-state index is 0.123. The Balaban J connectivity index is 1.40. The van der Waals surface area contributed by atoms with Gasteiger partial charge in [0.25, 0.3) is 6.47 Å². The van der Waals surface area contributed by atoms with Gasteiger partial charge in [0, 0.05) is 16.9 Å². The average molecular weight is 509 g/mol. The third-order valence-electron chi connectivity index (χ3n) is 9.07. The molecule has 2 aromatic rings. The fraction of sp³-hybridized carbons (Fsp3) is 0.581. The molecule has 6 nitrogen and oxygen atoms in total. The van der Waals surface area contributed by atoms with Gasteiger partial charge in [-0.25, -0.2) is 0 Å². The van der Waals surface area contributed by atoms with Gasteiger partial charge in [-0.05, 0) is 101 Å². The van der Waals surface area contributed by atoms with Crippen LogP contribution in [0, 0.1) is 11.3 Å². The number of benzene rings is 2. The summed E-state index contributed by atoms with van der Waals surface area (Å²) in [7, 11) is 1.69. The molecule has 6 heteroatoms. The molecule has 2 aromatic carbocycles. The normalized spacial score (nSPS) is 27.0. The summed E-state index contributed by atoms with van der Waals surface area (Å²) in [6, 6.07) is 8.27. The molecule has 0 radical (unpaired) electrons. The van der Waals surface area contributed by atoms with Crippen molar-refractivity contribution in [2.45, 2.75) is 96.9 Å². The minimum Gasteiger partial charge on any atom is -0.508 e. The summed E-state index contributed by atoms with van der Waals surface area (Å²) >= 11 is 0. The molecule has 0 bridgehead atoms. The van der Waals surface area contributed by atoms with E-state index in [2.05, 4.69) is 52.8 Å². The highest BCUT2D eigenvalue weighted by molar-refractivity contribution is 5.53. The summed E-state index contributed by atoms with van der Waals surface area (Å²) in [5, 5.41) is 10.6. The first-order valence-corrected chi connectivity index (χ1v) is 13.5. The van der Waals surface area contributed by atoms with Crippen LogP contribution in [-0.2, 0) is 35.2 Å². The highest BCUT2D eigenvalue weighted by Crippen LogP contribution is 2.55. The molecule has 2 heterocycles. The fourth-order valence-corrected chi connectivity index (χ4v) is 6.86. The van der Waals surface area contributed by atoms with E-state index in [-0.39, 0.29) is 28.6 Å². The Labute approximate surface area is 220 Å². The molecule has 1 aliphatic carbocycles. The zero-order valence-electron chi connectivity index (χ0n) is 23.0. The molecule has 0 amide bonds. The van der Waals surface area contributed by atoms with Crippen molar-refractivity contribution in [3.63, 3.8) is 0 Å². The summed E-state index contributed by atoms with van der Waals surface area (Å²) in [6.07, 6.45) is 5.61. The molecule has 3 atom stereocenters.